The molecule has 5 heteroatoms. The maximum atomic E-state index is 13.6. The largest absolute Gasteiger partial charge is 0.398 e. The lowest BCUT2D eigenvalue weighted by atomic mass is 10.1. The van der Waals surface area contributed by atoms with Gasteiger partial charge in [-0.3, -0.25) is 0 Å². The van der Waals surface area contributed by atoms with Gasteiger partial charge in [0, 0.05) is 12.1 Å². The van der Waals surface area contributed by atoms with Gasteiger partial charge in [0.25, 0.3) is 5.89 Å². The number of anilines is 1. The number of unbranched alkanes of at least 4 members (excludes halogenated alkanes) is 1. The molecule has 2 aromatic rings. The molecule has 0 aliphatic carbocycles. The van der Waals surface area contributed by atoms with Crippen LogP contribution in [-0.4, -0.2) is 10.1 Å². The highest BCUT2D eigenvalue weighted by Gasteiger charge is 2.15. The van der Waals surface area contributed by atoms with Gasteiger partial charge in [0.15, 0.2) is 5.82 Å². The van der Waals surface area contributed by atoms with Crippen LogP contribution in [0.15, 0.2) is 22.7 Å². The summed E-state index contributed by atoms with van der Waals surface area (Å²) in [6, 6.07) is 4.47. The van der Waals surface area contributed by atoms with Crippen LogP contribution >= 0.6 is 0 Å². The van der Waals surface area contributed by atoms with Gasteiger partial charge >= 0.3 is 0 Å². The van der Waals surface area contributed by atoms with E-state index in [0.29, 0.717) is 11.5 Å². The highest BCUT2D eigenvalue weighted by molar-refractivity contribution is 5.70. The summed E-state index contributed by atoms with van der Waals surface area (Å²) in [6.07, 6.45) is 2.76. The van der Waals surface area contributed by atoms with E-state index in [2.05, 4.69) is 17.1 Å². The van der Waals surface area contributed by atoms with Crippen molar-refractivity contribution in [3.63, 3.8) is 0 Å². The summed E-state index contributed by atoms with van der Waals surface area (Å²) in [7, 11) is 0. The third-order valence-corrected chi connectivity index (χ3v) is 2.48. The molecule has 1 heterocycles. The van der Waals surface area contributed by atoms with E-state index in [9.17, 15) is 4.39 Å². The SMILES string of the molecule is CCCCc1noc(-c2c(N)cccc2F)n1. The number of halogens is 1. The Balaban J connectivity index is 2.30. The van der Waals surface area contributed by atoms with Gasteiger partial charge in [0.05, 0.1) is 5.56 Å². The average molecular weight is 235 g/mol. The molecule has 0 saturated heterocycles. The minimum absolute atomic E-state index is 0.145. The van der Waals surface area contributed by atoms with E-state index in [1.165, 1.54) is 6.07 Å². The summed E-state index contributed by atoms with van der Waals surface area (Å²) in [5.41, 5.74) is 6.18. The third-order valence-electron chi connectivity index (χ3n) is 2.48. The Morgan fingerprint density at radius 3 is 2.94 bits per heavy atom. The third kappa shape index (κ3) is 2.43. The van der Waals surface area contributed by atoms with Crippen molar-refractivity contribution >= 4 is 5.69 Å². The zero-order valence-electron chi connectivity index (χ0n) is 9.61. The number of nitrogen functional groups attached to an aromatic ring is 1. The monoisotopic (exact) mass is 235 g/mol. The summed E-state index contributed by atoms with van der Waals surface area (Å²) in [5.74, 6) is 0.284. The molecule has 0 radical (unpaired) electrons. The van der Waals surface area contributed by atoms with Gasteiger partial charge in [-0.1, -0.05) is 24.6 Å². The molecule has 0 fully saturated rings. The van der Waals surface area contributed by atoms with E-state index < -0.39 is 5.82 Å². The normalized spacial score (nSPS) is 10.7. The van der Waals surface area contributed by atoms with E-state index in [1.807, 2.05) is 0 Å². The van der Waals surface area contributed by atoms with Crippen molar-refractivity contribution in [2.24, 2.45) is 0 Å². The molecule has 90 valence electrons. The number of hydrogen-bond acceptors (Lipinski definition) is 4. The van der Waals surface area contributed by atoms with Crippen LogP contribution in [0, 0.1) is 5.82 Å². The van der Waals surface area contributed by atoms with Crippen LogP contribution in [0.1, 0.15) is 25.6 Å². The van der Waals surface area contributed by atoms with E-state index in [4.69, 9.17) is 10.3 Å². The molecule has 2 rings (SSSR count). The van der Waals surface area contributed by atoms with E-state index in [0.717, 1.165) is 19.3 Å². The fraction of sp³-hybridized carbons (Fsp3) is 0.333. The van der Waals surface area contributed by atoms with Gasteiger partial charge in [-0.25, -0.2) is 4.39 Å². The van der Waals surface area contributed by atoms with Crippen LogP contribution in [0.2, 0.25) is 0 Å². The zero-order chi connectivity index (χ0) is 12.3. The predicted octanol–water partition coefficient (Wildman–Crippen LogP) is 2.80. The predicted molar refractivity (Wildman–Crippen MR) is 62.7 cm³/mol. The van der Waals surface area contributed by atoms with Crippen LogP contribution in [0.25, 0.3) is 11.5 Å². The van der Waals surface area contributed by atoms with Crippen LogP contribution < -0.4 is 5.73 Å². The second-order valence-electron chi connectivity index (χ2n) is 3.82. The van der Waals surface area contributed by atoms with E-state index in [1.54, 1.807) is 12.1 Å². The van der Waals surface area contributed by atoms with Gasteiger partial charge in [0.1, 0.15) is 5.82 Å². The lowest BCUT2D eigenvalue weighted by molar-refractivity contribution is 0.419. The molecule has 1 aromatic carbocycles. The minimum atomic E-state index is -0.448. The quantitative estimate of drug-likeness (QED) is 0.827. The van der Waals surface area contributed by atoms with Crippen molar-refractivity contribution in [2.75, 3.05) is 5.73 Å². The second kappa shape index (κ2) is 4.95. The van der Waals surface area contributed by atoms with Crippen molar-refractivity contribution in [3.05, 3.63) is 29.8 Å². The molecule has 0 spiro atoms. The Morgan fingerprint density at radius 2 is 2.24 bits per heavy atom. The van der Waals surface area contributed by atoms with Crippen molar-refractivity contribution in [2.45, 2.75) is 26.2 Å². The first-order valence-electron chi connectivity index (χ1n) is 5.59. The summed E-state index contributed by atoms with van der Waals surface area (Å²) in [5, 5.41) is 3.80. The van der Waals surface area contributed by atoms with E-state index >= 15 is 0 Å². The summed E-state index contributed by atoms with van der Waals surface area (Å²) in [6.45, 7) is 2.08. The fourth-order valence-electron chi connectivity index (χ4n) is 1.56. The molecule has 0 unspecified atom stereocenters. The number of aryl methyl sites for hydroxylation is 1. The topological polar surface area (TPSA) is 64.9 Å². The number of nitrogens with zero attached hydrogens (tertiary/aromatic N) is 2. The molecule has 0 bridgehead atoms. The Kier molecular flexibility index (Phi) is 3.37. The maximum absolute atomic E-state index is 13.6. The maximum Gasteiger partial charge on any atom is 0.263 e. The molecule has 4 nitrogen and oxygen atoms in total. The molecule has 0 amide bonds. The number of nitrogens with two attached hydrogens (primary N) is 1. The Bertz CT molecular complexity index is 490. The molecule has 0 aliphatic heterocycles. The van der Waals surface area contributed by atoms with Crippen molar-refractivity contribution in [1.29, 1.82) is 0 Å². The highest BCUT2D eigenvalue weighted by Crippen LogP contribution is 2.27. The fourth-order valence-corrected chi connectivity index (χ4v) is 1.56. The minimum Gasteiger partial charge on any atom is -0.398 e. The first kappa shape index (κ1) is 11.6. The molecule has 17 heavy (non-hydrogen) atoms. The number of benzene rings is 1. The van der Waals surface area contributed by atoms with E-state index in [-0.39, 0.29) is 11.5 Å². The van der Waals surface area contributed by atoms with Crippen LogP contribution in [0.5, 0.6) is 0 Å². The number of hydrogen-bond donors (Lipinski definition) is 1. The number of aromatic nitrogens is 2. The molecule has 0 aliphatic rings. The summed E-state index contributed by atoms with van der Waals surface area (Å²) in [4.78, 5) is 4.14. The Hall–Kier alpha value is -1.91. The smallest absolute Gasteiger partial charge is 0.263 e. The lowest BCUT2D eigenvalue weighted by Crippen LogP contribution is -1.94. The van der Waals surface area contributed by atoms with Crippen molar-refractivity contribution < 1.29 is 8.91 Å². The van der Waals surface area contributed by atoms with Crippen molar-refractivity contribution in [3.8, 4) is 11.5 Å². The van der Waals surface area contributed by atoms with Gasteiger partial charge in [0.2, 0.25) is 0 Å². The molecule has 2 N–H and O–H groups in total. The second-order valence-corrected chi connectivity index (χ2v) is 3.82. The van der Waals surface area contributed by atoms with Crippen molar-refractivity contribution in [1.82, 2.24) is 10.1 Å². The molecule has 1 aromatic heterocycles. The highest BCUT2D eigenvalue weighted by atomic mass is 19.1. The van der Waals surface area contributed by atoms with Gasteiger partial charge < -0.3 is 10.3 Å². The van der Waals surface area contributed by atoms with Gasteiger partial charge in [-0.05, 0) is 18.6 Å². The summed E-state index contributed by atoms with van der Waals surface area (Å²) < 4.78 is 18.6. The van der Waals surface area contributed by atoms with Crippen LogP contribution in [0.4, 0.5) is 10.1 Å². The first-order valence-corrected chi connectivity index (χ1v) is 5.59. The Morgan fingerprint density at radius 1 is 1.41 bits per heavy atom. The lowest BCUT2D eigenvalue weighted by Gasteiger charge is -2.00. The molecular formula is C12H14FN3O. The number of rotatable bonds is 4. The Labute approximate surface area is 98.6 Å². The van der Waals surface area contributed by atoms with Crippen LogP contribution in [-0.2, 0) is 6.42 Å². The standard InChI is InChI=1S/C12H14FN3O/c1-2-3-7-10-15-12(17-16-10)11-8(13)5-4-6-9(11)14/h4-6H,2-3,7,14H2,1H3. The van der Waals surface area contributed by atoms with Gasteiger partial charge in [-0.2, -0.15) is 4.98 Å². The molecule has 0 atom stereocenters. The average Bonchev–Trinajstić information content (AvgIpc) is 2.75. The van der Waals surface area contributed by atoms with Gasteiger partial charge in [-0.15, -0.1) is 0 Å². The summed E-state index contributed by atoms with van der Waals surface area (Å²) >= 11 is 0. The molecular weight excluding hydrogens is 221 g/mol. The van der Waals surface area contributed by atoms with Crippen LogP contribution in [0.3, 0.4) is 0 Å². The zero-order valence-corrected chi connectivity index (χ0v) is 9.61. The molecule has 0 saturated carbocycles. The first-order chi connectivity index (χ1) is 8.22.